The van der Waals surface area contributed by atoms with E-state index in [1.165, 1.54) is 0 Å². The van der Waals surface area contributed by atoms with Crippen molar-refractivity contribution < 1.29 is 33.6 Å². The van der Waals surface area contributed by atoms with Crippen LogP contribution in [0.15, 0.2) is 0 Å². The van der Waals surface area contributed by atoms with Crippen molar-refractivity contribution in [2.75, 3.05) is 13.2 Å². The summed E-state index contributed by atoms with van der Waals surface area (Å²) in [5.74, 6) is -0.964. The molecule has 2 saturated heterocycles. The summed E-state index contributed by atoms with van der Waals surface area (Å²) in [7, 11) is 0. The Hall–Kier alpha value is -0.960. The first-order valence-electron chi connectivity index (χ1n) is 7.79. The first-order chi connectivity index (χ1) is 10.5. The fourth-order valence-corrected chi connectivity index (χ4v) is 2.90. The van der Waals surface area contributed by atoms with Crippen molar-refractivity contribution in [1.82, 2.24) is 4.90 Å². The van der Waals surface area contributed by atoms with Gasteiger partial charge < -0.3 is 24.4 Å². The number of aliphatic hydroxyl groups is 2. The summed E-state index contributed by atoms with van der Waals surface area (Å²) in [5, 5.41) is 20.8. The van der Waals surface area contributed by atoms with Crippen LogP contribution in [0, 0.1) is 5.92 Å². The molecule has 0 aromatic rings. The van der Waals surface area contributed by atoms with Crippen molar-refractivity contribution in [3.05, 3.63) is 0 Å². The minimum absolute atomic E-state index is 0.00154. The summed E-state index contributed by atoms with van der Waals surface area (Å²) in [4.78, 5) is 12.8. The average molecular weight is 335 g/mol. The largest absolute Gasteiger partial charge is 0.447 e. The van der Waals surface area contributed by atoms with Gasteiger partial charge >= 0.3 is 6.09 Å². The quantitative estimate of drug-likeness (QED) is 0.780. The maximum absolute atomic E-state index is 15.2. The van der Waals surface area contributed by atoms with Crippen LogP contribution in [0.5, 0.6) is 0 Å². The van der Waals surface area contributed by atoms with Gasteiger partial charge in [-0.2, -0.15) is 0 Å². The molecule has 2 heterocycles. The standard InChI is InChI=1S/C15H26FNO6/c1-8(2)9-6-21-13(20)17(9)12(19)15(5,16)11(18)10-7-22-14(3,4)23-10/h8-12,18-19H,6-7H2,1-5H3. The number of halogens is 1. The molecule has 7 nitrogen and oxygen atoms in total. The maximum atomic E-state index is 15.2. The number of carbonyl (C=O) groups excluding carboxylic acids is 1. The Morgan fingerprint density at radius 1 is 1.35 bits per heavy atom. The first kappa shape index (κ1) is 18.4. The Balaban J connectivity index is 2.15. The van der Waals surface area contributed by atoms with Crippen molar-refractivity contribution in [1.29, 1.82) is 0 Å². The average Bonchev–Trinajstić information content (AvgIpc) is 2.99. The van der Waals surface area contributed by atoms with Gasteiger partial charge in [0.15, 0.2) is 17.7 Å². The molecule has 5 unspecified atom stereocenters. The number of aliphatic hydroxyl groups excluding tert-OH is 2. The second kappa shape index (κ2) is 6.16. The molecule has 134 valence electrons. The molecular formula is C15H26FNO6. The molecule has 8 heteroatoms. The normalized spacial score (nSPS) is 32.7. The Kier molecular flexibility index (Phi) is 4.92. The Labute approximate surface area is 135 Å². The van der Waals surface area contributed by atoms with Gasteiger partial charge in [0.05, 0.1) is 12.6 Å². The molecule has 0 saturated carbocycles. The van der Waals surface area contributed by atoms with Gasteiger partial charge in [-0.15, -0.1) is 0 Å². The van der Waals surface area contributed by atoms with Crippen LogP contribution in [0.1, 0.15) is 34.6 Å². The minimum Gasteiger partial charge on any atom is -0.447 e. The van der Waals surface area contributed by atoms with Gasteiger partial charge in [-0.1, -0.05) is 13.8 Å². The molecule has 0 aromatic heterocycles. The number of alkyl halides is 1. The topological polar surface area (TPSA) is 88.5 Å². The molecule has 2 aliphatic heterocycles. The van der Waals surface area contributed by atoms with E-state index in [1.54, 1.807) is 13.8 Å². The number of cyclic esters (lactones) is 1. The number of hydrogen-bond donors (Lipinski definition) is 2. The number of ether oxygens (including phenoxy) is 3. The highest BCUT2D eigenvalue weighted by molar-refractivity contribution is 5.70. The van der Waals surface area contributed by atoms with Crippen LogP contribution in [-0.4, -0.2) is 70.4 Å². The molecule has 2 aliphatic rings. The third kappa shape index (κ3) is 3.45. The predicted octanol–water partition coefficient (Wildman–Crippen LogP) is 1.02. The van der Waals surface area contributed by atoms with Gasteiger partial charge in [-0.3, -0.25) is 4.90 Å². The molecule has 1 amide bonds. The van der Waals surface area contributed by atoms with E-state index in [0.717, 1.165) is 11.8 Å². The van der Waals surface area contributed by atoms with Gasteiger partial charge in [0.25, 0.3) is 0 Å². The molecule has 0 spiro atoms. The first-order valence-corrected chi connectivity index (χ1v) is 7.79. The lowest BCUT2D eigenvalue weighted by Gasteiger charge is -2.39. The summed E-state index contributed by atoms with van der Waals surface area (Å²) in [6, 6.07) is -0.461. The van der Waals surface area contributed by atoms with Crippen LogP contribution in [0.4, 0.5) is 9.18 Å². The fraction of sp³-hybridized carbons (Fsp3) is 0.933. The molecule has 23 heavy (non-hydrogen) atoms. The second-order valence-corrected chi connectivity index (χ2v) is 7.13. The number of hydrogen-bond acceptors (Lipinski definition) is 6. The van der Waals surface area contributed by atoms with Crippen LogP contribution >= 0.6 is 0 Å². The molecule has 0 aromatic carbocycles. The molecule has 0 radical (unpaired) electrons. The summed E-state index contributed by atoms with van der Waals surface area (Å²) >= 11 is 0. The molecule has 5 atom stereocenters. The fourth-order valence-electron chi connectivity index (χ4n) is 2.90. The van der Waals surface area contributed by atoms with E-state index >= 15 is 4.39 Å². The van der Waals surface area contributed by atoms with Crippen LogP contribution < -0.4 is 0 Å². The molecule has 2 rings (SSSR count). The van der Waals surface area contributed by atoms with Crippen LogP contribution in [0.3, 0.4) is 0 Å². The smallest absolute Gasteiger partial charge is 0.412 e. The summed E-state index contributed by atoms with van der Waals surface area (Å²) < 4.78 is 30.8. The van der Waals surface area contributed by atoms with Gasteiger partial charge in [0.1, 0.15) is 18.8 Å². The molecular weight excluding hydrogens is 309 g/mol. The van der Waals surface area contributed by atoms with Crippen LogP contribution in [0.2, 0.25) is 0 Å². The molecule has 0 aliphatic carbocycles. The third-order valence-electron chi connectivity index (χ3n) is 4.44. The zero-order valence-electron chi connectivity index (χ0n) is 14.2. The van der Waals surface area contributed by atoms with Gasteiger partial charge in [-0.05, 0) is 26.7 Å². The third-order valence-corrected chi connectivity index (χ3v) is 4.44. The number of nitrogens with zero attached hydrogens (tertiary/aromatic N) is 1. The lowest BCUT2D eigenvalue weighted by Crippen LogP contribution is -2.61. The van der Waals surface area contributed by atoms with E-state index < -0.39 is 42.0 Å². The SMILES string of the molecule is CC(C)C1COC(=O)N1C(O)C(C)(F)C(O)C1COC(C)(C)O1. The highest BCUT2D eigenvalue weighted by atomic mass is 19.1. The second-order valence-electron chi connectivity index (χ2n) is 7.13. The van der Waals surface area contributed by atoms with Crippen molar-refractivity contribution in [3.8, 4) is 0 Å². The Bertz CT molecular complexity index is 455. The van der Waals surface area contributed by atoms with E-state index in [1.807, 2.05) is 13.8 Å². The number of carbonyl (C=O) groups is 1. The monoisotopic (exact) mass is 335 g/mol. The van der Waals surface area contributed by atoms with Gasteiger partial charge in [0.2, 0.25) is 0 Å². The summed E-state index contributed by atoms with van der Waals surface area (Å²) in [5.41, 5.74) is -2.51. The van der Waals surface area contributed by atoms with Gasteiger partial charge in [-0.25, -0.2) is 9.18 Å². The highest BCUT2D eigenvalue weighted by Gasteiger charge is 2.54. The van der Waals surface area contributed by atoms with Crippen LogP contribution in [0.25, 0.3) is 0 Å². The summed E-state index contributed by atoms with van der Waals surface area (Å²) in [6.45, 7) is 8.11. The molecule has 2 N–H and O–H groups in total. The minimum atomic E-state index is -2.51. The van der Waals surface area contributed by atoms with Crippen molar-refractivity contribution in [2.45, 2.75) is 70.6 Å². The van der Waals surface area contributed by atoms with E-state index in [4.69, 9.17) is 14.2 Å². The summed E-state index contributed by atoms with van der Waals surface area (Å²) in [6.07, 6.45) is -5.25. The van der Waals surface area contributed by atoms with E-state index in [0.29, 0.717) is 0 Å². The van der Waals surface area contributed by atoms with E-state index in [9.17, 15) is 15.0 Å². The lowest BCUT2D eigenvalue weighted by atomic mass is 9.92. The predicted molar refractivity (Wildman–Crippen MR) is 78.2 cm³/mol. The van der Waals surface area contributed by atoms with Crippen molar-refractivity contribution >= 4 is 6.09 Å². The van der Waals surface area contributed by atoms with Crippen molar-refractivity contribution in [3.63, 3.8) is 0 Å². The zero-order chi connectivity index (χ0) is 17.6. The van der Waals surface area contributed by atoms with Crippen LogP contribution in [-0.2, 0) is 14.2 Å². The maximum Gasteiger partial charge on any atom is 0.412 e. The molecule has 0 bridgehead atoms. The Morgan fingerprint density at radius 3 is 2.43 bits per heavy atom. The van der Waals surface area contributed by atoms with Crippen molar-refractivity contribution in [2.24, 2.45) is 5.92 Å². The number of amides is 1. The number of rotatable bonds is 5. The molecule has 2 fully saturated rings. The highest BCUT2D eigenvalue weighted by Crippen LogP contribution is 2.35. The Morgan fingerprint density at radius 2 is 1.96 bits per heavy atom. The van der Waals surface area contributed by atoms with Gasteiger partial charge in [0, 0.05) is 0 Å². The van der Waals surface area contributed by atoms with E-state index in [2.05, 4.69) is 0 Å². The zero-order valence-corrected chi connectivity index (χ0v) is 14.2. The lowest BCUT2D eigenvalue weighted by molar-refractivity contribution is -0.192. The van der Waals surface area contributed by atoms with E-state index in [-0.39, 0.29) is 19.1 Å².